The van der Waals surface area contributed by atoms with Gasteiger partial charge in [-0.1, -0.05) is 42.0 Å². The molecule has 0 fully saturated rings. The number of anilines is 3. The van der Waals surface area contributed by atoms with Crippen LogP contribution in [0.4, 0.5) is 17.1 Å². The van der Waals surface area contributed by atoms with E-state index in [2.05, 4.69) is 94.6 Å². The van der Waals surface area contributed by atoms with E-state index in [9.17, 15) is 0 Å². The average Bonchev–Trinajstić information content (AvgIpc) is 2.87. The van der Waals surface area contributed by atoms with Crippen LogP contribution in [-0.4, -0.2) is 9.97 Å². The fraction of sp³-hybridized carbons (Fsp3) is 0.0345. The minimum Gasteiger partial charge on any atom is -0.311 e. The third-order valence-corrected chi connectivity index (χ3v) is 5.57. The van der Waals surface area contributed by atoms with Gasteiger partial charge in [0.2, 0.25) is 0 Å². The van der Waals surface area contributed by atoms with Crippen LogP contribution >= 0.6 is 0 Å². The molecule has 0 aliphatic carbocycles. The Morgan fingerprint density at radius 3 is 1.09 bits per heavy atom. The summed E-state index contributed by atoms with van der Waals surface area (Å²) in [7, 11) is 0. The molecule has 0 aliphatic rings. The van der Waals surface area contributed by atoms with Crippen molar-refractivity contribution in [2.75, 3.05) is 4.90 Å². The predicted octanol–water partition coefficient (Wildman–Crippen LogP) is 7.59. The predicted molar refractivity (Wildman–Crippen MR) is 132 cm³/mol. The minimum absolute atomic E-state index is 1.11. The van der Waals surface area contributed by atoms with Crippen LogP contribution in [0.15, 0.2) is 122 Å². The van der Waals surface area contributed by atoms with Crippen molar-refractivity contribution in [2.24, 2.45) is 0 Å². The van der Waals surface area contributed by atoms with Gasteiger partial charge in [0, 0.05) is 41.8 Å². The van der Waals surface area contributed by atoms with Crippen molar-refractivity contribution in [3.8, 4) is 22.3 Å². The largest absolute Gasteiger partial charge is 0.311 e. The SMILES string of the molecule is Cc1ccc(N(c2ccc(-c3ccncc3)cc2)c2ccc(-c3ccncc3)cc2)cc1. The van der Waals surface area contributed by atoms with Crippen LogP contribution in [0, 0.1) is 6.92 Å². The Bertz CT molecular complexity index is 1200. The summed E-state index contributed by atoms with van der Waals surface area (Å²) in [5, 5.41) is 0. The second kappa shape index (κ2) is 8.86. The van der Waals surface area contributed by atoms with Crippen molar-refractivity contribution in [2.45, 2.75) is 6.92 Å². The Kier molecular flexibility index (Phi) is 5.46. The third kappa shape index (κ3) is 4.14. The molecule has 32 heavy (non-hydrogen) atoms. The lowest BCUT2D eigenvalue weighted by molar-refractivity contribution is 1.27. The first-order valence-electron chi connectivity index (χ1n) is 10.7. The van der Waals surface area contributed by atoms with Gasteiger partial charge >= 0.3 is 0 Å². The number of hydrogen-bond donors (Lipinski definition) is 0. The van der Waals surface area contributed by atoms with Crippen LogP contribution in [0.25, 0.3) is 22.3 Å². The second-order valence-corrected chi connectivity index (χ2v) is 7.74. The molecule has 0 unspecified atom stereocenters. The van der Waals surface area contributed by atoms with Gasteiger partial charge in [0.25, 0.3) is 0 Å². The monoisotopic (exact) mass is 413 g/mol. The summed E-state index contributed by atoms with van der Waals surface area (Å²) < 4.78 is 0. The molecule has 0 radical (unpaired) electrons. The van der Waals surface area contributed by atoms with Crippen molar-refractivity contribution >= 4 is 17.1 Å². The van der Waals surface area contributed by atoms with Crippen molar-refractivity contribution in [1.82, 2.24) is 9.97 Å². The maximum absolute atomic E-state index is 4.12. The molecular weight excluding hydrogens is 390 g/mol. The molecule has 0 bridgehead atoms. The van der Waals surface area contributed by atoms with Crippen molar-refractivity contribution in [3.63, 3.8) is 0 Å². The highest BCUT2D eigenvalue weighted by molar-refractivity contribution is 5.79. The molecule has 3 heteroatoms. The first-order chi connectivity index (χ1) is 15.8. The smallest absolute Gasteiger partial charge is 0.0462 e. The number of pyridine rings is 2. The first-order valence-corrected chi connectivity index (χ1v) is 10.7. The van der Waals surface area contributed by atoms with E-state index in [0.29, 0.717) is 0 Å². The average molecular weight is 414 g/mol. The number of aryl methyl sites for hydroxylation is 1. The van der Waals surface area contributed by atoms with Gasteiger partial charge in [-0.25, -0.2) is 0 Å². The number of benzene rings is 3. The summed E-state index contributed by atoms with van der Waals surface area (Å²) in [6, 6.07) is 34.1. The Hall–Kier alpha value is -4.24. The molecule has 3 nitrogen and oxygen atoms in total. The zero-order valence-electron chi connectivity index (χ0n) is 17.9. The molecule has 2 aromatic heterocycles. The Labute approximate surface area is 188 Å². The summed E-state index contributed by atoms with van der Waals surface area (Å²) >= 11 is 0. The van der Waals surface area contributed by atoms with Crippen LogP contribution in [0.5, 0.6) is 0 Å². The van der Waals surface area contributed by atoms with Gasteiger partial charge in [0.15, 0.2) is 0 Å². The van der Waals surface area contributed by atoms with Gasteiger partial charge in [-0.15, -0.1) is 0 Å². The first kappa shape index (κ1) is 19.7. The molecule has 154 valence electrons. The van der Waals surface area contributed by atoms with Crippen molar-refractivity contribution in [1.29, 1.82) is 0 Å². The summed E-state index contributed by atoms with van der Waals surface area (Å²) in [5.74, 6) is 0. The molecule has 0 N–H and O–H groups in total. The summed E-state index contributed by atoms with van der Waals surface area (Å²) in [4.78, 5) is 10.5. The summed E-state index contributed by atoms with van der Waals surface area (Å²) in [6.07, 6.45) is 7.30. The Balaban J connectivity index is 1.53. The van der Waals surface area contributed by atoms with Gasteiger partial charge < -0.3 is 4.90 Å². The van der Waals surface area contributed by atoms with Crippen molar-refractivity contribution in [3.05, 3.63) is 127 Å². The zero-order chi connectivity index (χ0) is 21.8. The lowest BCUT2D eigenvalue weighted by Crippen LogP contribution is -2.09. The fourth-order valence-electron chi connectivity index (χ4n) is 3.84. The molecule has 0 saturated heterocycles. The molecule has 0 saturated carbocycles. The molecule has 0 spiro atoms. The van der Waals surface area contributed by atoms with Crippen LogP contribution in [-0.2, 0) is 0 Å². The quantitative estimate of drug-likeness (QED) is 0.297. The van der Waals surface area contributed by atoms with Crippen LogP contribution in [0.1, 0.15) is 5.56 Å². The zero-order valence-corrected chi connectivity index (χ0v) is 17.9. The molecule has 0 atom stereocenters. The van der Waals surface area contributed by atoms with Gasteiger partial charge in [0.05, 0.1) is 0 Å². The fourth-order valence-corrected chi connectivity index (χ4v) is 3.84. The number of nitrogens with zero attached hydrogens (tertiary/aromatic N) is 3. The maximum Gasteiger partial charge on any atom is 0.0462 e. The van der Waals surface area contributed by atoms with Gasteiger partial charge in [0.1, 0.15) is 0 Å². The van der Waals surface area contributed by atoms with Crippen LogP contribution in [0.2, 0.25) is 0 Å². The normalized spacial score (nSPS) is 10.7. The van der Waals surface area contributed by atoms with E-state index in [1.54, 1.807) is 0 Å². The summed E-state index contributed by atoms with van der Waals surface area (Å²) in [6.45, 7) is 2.11. The van der Waals surface area contributed by atoms with Gasteiger partial charge in [-0.3, -0.25) is 9.97 Å². The van der Waals surface area contributed by atoms with E-state index in [4.69, 9.17) is 0 Å². The van der Waals surface area contributed by atoms with E-state index in [1.165, 1.54) is 16.7 Å². The molecule has 5 rings (SSSR count). The van der Waals surface area contributed by atoms with Gasteiger partial charge in [-0.05, 0) is 89.8 Å². The van der Waals surface area contributed by atoms with Gasteiger partial charge in [-0.2, -0.15) is 0 Å². The number of rotatable bonds is 5. The number of aromatic nitrogens is 2. The second-order valence-electron chi connectivity index (χ2n) is 7.74. The molecular formula is C29H23N3. The minimum atomic E-state index is 1.11. The molecule has 5 aromatic rings. The highest BCUT2D eigenvalue weighted by Crippen LogP contribution is 2.36. The lowest BCUT2D eigenvalue weighted by Gasteiger charge is -2.26. The number of hydrogen-bond acceptors (Lipinski definition) is 3. The van der Waals surface area contributed by atoms with E-state index >= 15 is 0 Å². The van der Waals surface area contributed by atoms with E-state index in [-0.39, 0.29) is 0 Å². The molecule has 3 aromatic carbocycles. The third-order valence-electron chi connectivity index (χ3n) is 5.57. The highest BCUT2D eigenvalue weighted by atomic mass is 15.1. The van der Waals surface area contributed by atoms with E-state index in [1.807, 2.05) is 49.1 Å². The highest BCUT2D eigenvalue weighted by Gasteiger charge is 2.13. The van der Waals surface area contributed by atoms with E-state index in [0.717, 1.165) is 28.2 Å². The molecule has 0 aliphatic heterocycles. The van der Waals surface area contributed by atoms with Crippen molar-refractivity contribution < 1.29 is 0 Å². The Morgan fingerprint density at radius 2 is 0.719 bits per heavy atom. The van der Waals surface area contributed by atoms with Crippen LogP contribution < -0.4 is 4.90 Å². The topological polar surface area (TPSA) is 29.0 Å². The maximum atomic E-state index is 4.12. The molecule has 2 heterocycles. The van der Waals surface area contributed by atoms with Crippen LogP contribution in [0.3, 0.4) is 0 Å². The Morgan fingerprint density at radius 1 is 0.406 bits per heavy atom. The lowest BCUT2D eigenvalue weighted by atomic mass is 10.0. The molecule has 0 amide bonds. The summed E-state index contributed by atoms with van der Waals surface area (Å²) in [5.41, 5.74) is 9.27. The van der Waals surface area contributed by atoms with E-state index < -0.39 is 0 Å². The standard InChI is InChI=1S/C29H23N3/c1-22-2-8-27(9-3-22)32(28-10-4-23(5-11-28)25-14-18-30-19-15-25)29-12-6-24(7-13-29)26-16-20-31-21-17-26/h2-21H,1H3.